The Hall–Kier alpha value is -0.770. The maximum atomic E-state index is 12.1. The number of rotatable bonds is 26. The van der Waals surface area contributed by atoms with E-state index in [1.165, 1.54) is 64.2 Å². The zero-order chi connectivity index (χ0) is 27.1. The molecule has 0 aliphatic carbocycles. The minimum atomic E-state index is -1.21. The minimum Gasteiger partial charge on any atom is -0.465 e. The Bertz CT molecular complexity index is 496. The van der Waals surface area contributed by atoms with E-state index in [0.29, 0.717) is 6.42 Å². The van der Waals surface area contributed by atoms with Gasteiger partial charge in [-0.15, -0.1) is 0 Å². The van der Waals surface area contributed by atoms with Crippen LogP contribution >= 0.6 is 0 Å². The Morgan fingerprint density at radius 1 is 0.583 bits per heavy atom. The highest BCUT2D eigenvalue weighted by molar-refractivity contribution is 5.69. The molecule has 8 nitrogen and oxygen atoms in total. The third kappa shape index (κ3) is 16.9. The minimum absolute atomic E-state index is 0.146. The maximum Gasteiger partial charge on any atom is 0.305 e. The Morgan fingerprint density at radius 2 is 0.972 bits per heavy atom. The lowest BCUT2D eigenvalue weighted by atomic mass is 9.90. The second-order valence-corrected chi connectivity index (χ2v) is 11.1. The van der Waals surface area contributed by atoms with E-state index in [0.717, 1.165) is 25.2 Å². The summed E-state index contributed by atoms with van der Waals surface area (Å²) in [5, 5.41) is 47.5. The summed E-state index contributed by atoms with van der Waals surface area (Å²) in [6.07, 6.45) is 16.3. The van der Waals surface area contributed by atoms with Gasteiger partial charge in [-0.05, 0) is 12.3 Å². The fraction of sp³-hybridized carbons (Fsp3) is 0.964. The van der Waals surface area contributed by atoms with Gasteiger partial charge in [0.1, 0.15) is 6.61 Å². The predicted molar refractivity (Wildman–Crippen MR) is 142 cm³/mol. The molecule has 0 radical (unpaired) electrons. The quantitative estimate of drug-likeness (QED) is 0.0862. The Morgan fingerprint density at radius 3 is 1.39 bits per heavy atom. The fourth-order valence-corrected chi connectivity index (χ4v) is 3.94. The van der Waals surface area contributed by atoms with E-state index in [1.807, 2.05) is 0 Å². The first kappa shape index (κ1) is 35.2. The third-order valence-corrected chi connectivity index (χ3v) is 6.95. The predicted octanol–water partition coefficient (Wildman–Crippen LogP) is 3.60. The molecule has 36 heavy (non-hydrogen) atoms. The fourth-order valence-electron chi connectivity index (χ4n) is 3.94. The number of carbonyl (C=O) groups excluding carboxylic acids is 1. The van der Waals surface area contributed by atoms with Crippen molar-refractivity contribution in [3.05, 3.63) is 0 Å². The van der Waals surface area contributed by atoms with Crippen molar-refractivity contribution in [2.75, 3.05) is 52.9 Å². The first-order chi connectivity index (χ1) is 17.3. The molecule has 0 amide bonds. The zero-order valence-corrected chi connectivity index (χ0v) is 23.1. The number of aliphatic hydroxyl groups excluding tert-OH is 5. The molecule has 0 fully saturated rings. The molecule has 0 unspecified atom stereocenters. The summed E-state index contributed by atoms with van der Waals surface area (Å²) in [6.45, 7) is 1.74. The van der Waals surface area contributed by atoms with Crippen LogP contribution in [0.2, 0.25) is 0 Å². The summed E-state index contributed by atoms with van der Waals surface area (Å²) in [4.78, 5) is 12.1. The highest BCUT2D eigenvalue weighted by Gasteiger charge is 2.34. The normalized spacial score (nSPS) is 12.4. The third-order valence-electron chi connectivity index (χ3n) is 6.95. The van der Waals surface area contributed by atoms with Crippen molar-refractivity contribution < 1.29 is 39.8 Å². The van der Waals surface area contributed by atoms with Gasteiger partial charge >= 0.3 is 5.97 Å². The summed E-state index contributed by atoms with van der Waals surface area (Å²) in [7, 11) is 0. The van der Waals surface area contributed by atoms with Crippen LogP contribution in [-0.2, 0) is 14.3 Å². The van der Waals surface area contributed by atoms with Gasteiger partial charge in [0.15, 0.2) is 0 Å². The van der Waals surface area contributed by atoms with Crippen LogP contribution in [0.5, 0.6) is 0 Å². The van der Waals surface area contributed by atoms with E-state index in [1.54, 1.807) is 0 Å². The molecule has 5 N–H and O–H groups in total. The molecule has 0 aliphatic rings. The summed E-state index contributed by atoms with van der Waals surface area (Å²) in [5.74, 6) is 0.454. The van der Waals surface area contributed by atoms with Crippen LogP contribution in [0.3, 0.4) is 0 Å². The molecule has 0 bridgehead atoms. The van der Waals surface area contributed by atoms with Gasteiger partial charge in [0.05, 0.1) is 57.1 Å². The van der Waals surface area contributed by atoms with Gasteiger partial charge in [-0.25, -0.2) is 0 Å². The van der Waals surface area contributed by atoms with Crippen LogP contribution in [-0.4, -0.2) is 84.4 Å². The standard InChI is InChI=1S/C28H56O8/c1-25(2)15-13-11-9-7-5-3-4-6-8-10-12-14-16-26(34)36-24-28(20-32,21-33)23-35-22-27(17-29,18-30)19-31/h25,29-33H,3-24H2,1-2H3. The number of unbranched alkanes of at least 4 members (excludes halogenated alkanes) is 11. The van der Waals surface area contributed by atoms with Crippen LogP contribution in [0.1, 0.15) is 104 Å². The van der Waals surface area contributed by atoms with Gasteiger partial charge in [0.25, 0.3) is 0 Å². The topological polar surface area (TPSA) is 137 Å². The van der Waals surface area contributed by atoms with E-state index in [9.17, 15) is 30.3 Å². The van der Waals surface area contributed by atoms with E-state index in [4.69, 9.17) is 9.47 Å². The van der Waals surface area contributed by atoms with E-state index >= 15 is 0 Å². The van der Waals surface area contributed by atoms with Crippen molar-refractivity contribution in [3.63, 3.8) is 0 Å². The average molecular weight is 521 g/mol. The molecular weight excluding hydrogens is 464 g/mol. The largest absolute Gasteiger partial charge is 0.465 e. The smallest absolute Gasteiger partial charge is 0.305 e. The van der Waals surface area contributed by atoms with Gasteiger partial charge in [0.2, 0.25) is 0 Å². The average Bonchev–Trinajstić information content (AvgIpc) is 2.89. The summed E-state index contributed by atoms with van der Waals surface area (Å²) in [6, 6.07) is 0. The molecule has 0 rings (SSSR count). The number of esters is 1. The molecule has 0 aromatic carbocycles. The number of carbonyl (C=O) groups is 1. The number of hydrogen-bond acceptors (Lipinski definition) is 8. The zero-order valence-electron chi connectivity index (χ0n) is 23.1. The molecule has 0 heterocycles. The summed E-state index contributed by atoms with van der Waals surface area (Å²) >= 11 is 0. The van der Waals surface area contributed by atoms with Crippen molar-refractivity contribution >= 4 is 5.97 Å². The van der Waals surface area contributed by atoms with Gasteiger partial charge in [-0.1, -0.05) is 90.9 Å². The van der Waals surface area contributed by atoms with Crippen LogP contribution in [0.25, 0.3) is 0 Å². The van der Waals surface area contributed by atoms with Gasteiger partial charge in [-0.2, -0.15) is 0 Å². The first-order valence-corrected chi connectivity index (χ1v) is 14.1. The second-order valence-electron chi connectivity index (χ2n) is 11.1. The van der Waals surface area contributed by atoms with Gasteiger partial charge in [-0.3, -0.25) is 4.79 Å². The van der Waals surface area contributed by atoms with Crippen LogP contribution in [0.15, 0.2) is 0 Å². The summed E-state index contributed by atoms with van der Waals surface area (Å²) in [5.41, 5.74) is -2.39. The molecule has 0 saturated heterocycles. The number of ether oxygens (including phenoxy) is 2. The monoisotopic (exact) mass is 520 g/mol. The Balaban J connectivity index is 3.86. The lowest BCUT2D eigenvalue weighted by Gasteiger charge is -2.32. The van der Waals surface area contributed by atoms with Crippen LogP contribution in [0, 0.1) is 16.7 Å². The van der Waals surface area contributed by atoms with E-state index in [2.05, 4.69) is 13.8 Å². The molecule has 0 aromatic heterocycles. The van der Waals surface area contributed by atoms with Crippen molar-refractivity contribution in [1.82, 2.24) is 0 Å². The van der Waals surface area contributed by atoms with Crippen LogP contribution < -0.4 is 0 Å². The maximum absolute atomic E-state index is 12.1. The first-order valence-electron chi connectivity index (χ1n) is 14.1. The number of aliphatic hydroxyl groups is 5. The molecular formula is C28H56O8. The molecule has 216 valence electrons. The molecule has 8 heteroatoms. The highest BCUT2D eigenvalue weighted by Crippen LogP contribution is 2.21. The Kier molecular flexibility index (Phi) is 21.8. The van der Waals surface area contributed by atoms with E-state index < -0.39 is 43.9 Å². The van der Waals surface area contributed by atoms with Crippen molar-refractivity contribution in [3.8, 4) is 0 Å². The van der Waals surface area contributed by atoms with Crippen molar-refractivity contribution in [1.29, 1.82) is 0 Å². The van der Waals surface area contributed by atoms with E-state index in [-0.39, 0.29) is 25.8 Å². The lowest BCUT2D eigenvalue weighted by Crippen LogP contribution is -2.44. The summed E-state index contributed by atoms with van der Waals surface area (Å²) < 4.78 is 10.7. The second kappa shape index (κ2) is 22.2. The number of hydrogen-bond donors (Lipinski definition) is 5. The Labute approximate surface area is 219 Å². The molecule has 0 aliphatic heterocycles. The lowest BCUT2D eigenvalue weighted by molar-refractivity contribution is -0.154. The molecule has 0 spiro atoms. The SMILES string of the molecule is CC(C)CCCCCCCCCCCCCCC(=O)OCC(CO)(CO)COCC(CO)(CO)CO. The molecule has 0 aromatic rings. The molecule has 0 atom stereocenters. The molecule has 0 saturated carbocycles. The van der Waals surface area contributed by atoms with Crippen molar-refractivity contribution in [2.24, 2.45) is 16.7 Å². The highest BCUT2D eigenvalue weighted by atomic mass is 16.5. The van der Waals surface area contributed by atoms with Gasteiger partial charge < -0.3 is 35.0 Å². The van der Waals surface area contributed by atoms with Crippen LogP contribution in [0.4, 0.5) is 0 Å². The van der Waals surface area contributed by atoms with Crippen molar-refractivity contribution in [2.45, 2.75) is 104 Å². The van der Waals surface area contributed by atoms with Gasteiger partial charge in [0, 0.05) is 6.42 Å².